The SMILES string of the molecule is C/C=C/C(=O)Oc1ccc(-c2nnc(-c3ccc(OC(=O)/C=C/C)cc3)s2)cc1. The average Bonchev–Trinajstić information content (AvgIpc) is 3.20. The number of esters is 2. The van der Waals surface area contributed by atoms with E-state index in [4.69, 9.17) is 9.47 Å². The van der Waals surface area contributed by atoms with Crippen LogP contribution < -0.4 is 9.47 Å². The van der Waals surface area contributed by atoms with Gasteiger partial charge in [-0.1, -0.05) is 23.5 Å². The van der Waals surface area contributed by atoms with Crippen molar-refractivity contribution in [1.82, 2.24) is 10.2 Å². The van der Waals surface area contributed by atoms with E-state index < -0.39 is 11.9 Å². The molecule has 0 bridgehead atoms. The number of hydrogen-bond acceptors (Lipinski definition) is 7. The van der Waals surface area contributed by atoms with Gasteiger partial charge in [-0.2, -0.15) is 0 Å². The van der Waals surface area contributed by atoms with E-state index in [0.717, 1.165) is 21.1 Å². The summed E-state index contributed by atoms with van der Waals surface area (Å²) in [5.41, 5.74) is 1.74. The topological polar surface area (TPSA) is 78.4 Å². The number of allylic oxidation sites excluding steroid dienone is 2. The molecule has 0 saturated carbocycles. The number of hydrogen-bond donors (Lipinski definition) is 0. The number of benzene rings is 2. The van der Waals surface area contributed by atoms with E-state index in [1.165, 1.54) is 23.5 Å². The minimum absolute atomic E-state index is 0.418. The molecular weight excluding hydrogens is 388 g/mol. The first-order chi connectivity index (χ1) is 14.1. The van der Waals surface area contributed by atoms with Crippen LogP contribution in [-0.4, -0.2) is 22.1 Å². The number of aromatic nitrogens is 2. The Labute approximate surface area is 172 Å². The minimum atomic E-state index is -0.418. The van der Waals surface area contributed by atoms with Gasteiger partial charge < -0.3 is 9.47 Å². The maximum absolute atomic E-state index is 11.5. The molecule has 0 aliphatic heterocycles. The van der Waals surface area contributed by atoms with Gasteiger partial charge in [-0.15, -0.1) is 10.2 Å². The molecule has 0 N–H and O–H groups in total. The van der Waals surface area contributed by atoms with Crippen LogP contribution >= 0.6 is 11.3 Å². The second-order valence-corrected chi connectivity index (χ2v) is 6.78. The van der Waals surface area contributed by atoms with Gasteiger partial charge >= 0.3 is 11.9 Å². The maximum atomic E-state index is 11.5. The van der Waals surface area contributed by atoms with Crippen molar-refractivity contribution < 1.29 is 19.1 Å². The zero-order valence-electron chi connectivity index (χ0n) is 15.9. The molecule has 0 saturated heterocycles. The number of rotatable bonds is 6. The number of carbonyl (C=O) groups excluding carboxylic acids is 2. The molecule has 29 heavy (non-hydrogen) atoms. The van der Waals surface area contributed by atoms with Crippen LogP contribution in [-0.2, 0) is 9.59 Å². The van der Waals surface area contributed by atoms with Crippen molar-refractivity contribution in [3.05, 3.63) is 72.8 Å². The first kappa shape index (κ1) is 20.2. The molecule has 0 fully saturated rings. The van der Waals surface area contributed by atoms with Crippen molar-refractivity contribution in [3.63, 3.8) is 0 Å². The van der Waals surface area contributed by atoms with E-state index in [-0.39, 0.29) is 0 Å². The maximum Gasteiger partial charge on any atom is 0.335 e. The fourth-order valence-electron chi connectivity index (χ4n) is 2.36. The lowest BCUT2D eigenvalue weighted by molar-refractivity contribution is -0.129. The number of ether oxygens (including phenoxy) is 2. The Hall–Kier alpha value is -3.58. The molecule has 2 aromatic carbocycles. The molecule has 3 rings (SSSR count). The summed E-state index contributed by atoms with van der Waals surface area (Å²) < 4.78 is 10.4. The molecule has 0 spiro atoms. The van der Waals surface area contributed by atoms with Crippen LogP contribution in [0.2, 0.25) is 0 Å². The summed E-state index contributed by atoms with van der Waals surface area (Å²) in [5.74, 6) is 0.0888. The molecule has 0 unspecified atom stereocenters. The van der Waals surface area contributed by atoms with Gasteiger partial charge in [-0.25, -0.2) is 9.59 Å². The van der Waals surface area contributed by atoms with E-state index in [1.807, 2.05) is 24.3 Å². The number of carbonyl (C=O) groups is 2. The summed E-state index contributed by atoms with van der Waals surface area (Å²) >= 11 is 1.43. The lowest BCUT2D eigenvalue weighted by atomic mass is 10.2. The summed E-state index contributed by atoms with van der Waals surface area (Å²) in [6.45, 7) is 3.50. The highest BCUT2D eigenvalue weighted by Gasteiger charge is 2.10. The van der Waals surface area contributed by atoms with Gasteiger partial charge in [-0.3, -0.25) is 0 Å². The van der Waals surface area contributed by atoms with Crippen LogP contribution in [0, 0.1) is 0 Å². The fourth-order valence-corrected chi connectivity index (χ4v) is 3.21. The largest absolute Gasteiger partial charge is 0.423 e. The van der Waals surface area contributed by atoms with Gasteiger partial charge in [0.25, 0.3) is 0 Å². The van der Waals surface area contributed by atoms with Gasteiger partial charge in [0, 0.05) is 23.3 Å². The van der Waals surface area contributed by atoms with Crippen LogP contribution in [0.3, 0.4) is 0 Å². The summed E-state index contributed by atoms with van der Waals surface area (Å²) in [4.78, 5) is 23.0. The highest BCUT2D eigenvalue weighted by atomic mass is 32.1. The van der Waals surface area contributed by atoms with E-state index in [0.29, 0.717) is 11.5 Å². The molecule has 0 atom stereocenters. The summed E-state index contributed by atoms with van der Waals surface area (Å²) in [6, 6.07) is 14.2. The highest BCUT2D eigenvalue weighted by Crippen LogP contribution is 2.31. The summed E-state index contributed by atoms with van der Waals surface area (Å²) in [5, 5.41) is 9.96. The fraction of sp³-hybridized carbons (Fsp3) is 0.0909. The van der Waals surface area contributed by atoms with Gasteiger partial charge in [-0.05, 0) is 62.4 Å². The molecule has 3 aromatic rings. The lowest BCUT2D eigenvalue weighted by Crippen LogP contribution is -2.03. The van der Waals surface area contributed by atoms with Crippen LogP contribution in [0.5, 0.6) is 11.5 Å². The van der Waals surface area contributed by atoms with Crippen LogP contribution in [0.4, 0.5) is 0 Å². The standard InChI is InChI=1S/C22H18N2O4S/c1-3-5-19(25)27-17-11-7-15(8-12-17)21-23-24-22(29-21)16-9-13-18(14-10-16)28-20(26)6-4-2/h3-14H,1-2H3/b5-3+,6-4+. The van der Waals surface area contributed by atoms with Gasteiger partial charge in [0.2, 0.25) is 0 Å². The third-order valence-electron chi connectivity index (χ3n) is 3.67. The molecule has 0 amide bonds. The summed E-state index contributed by atoms with van der Waals surface area (Å²) in [6.07, 6.45) is 5.96. The Morgan fingerprint density at radius 3 is 1.45 bits per heavy atom. The first-order valence-electron chi connectivity index (χ1n) is 8.82. The first-order valence-corrected chi connectivity index (χ1v) is 9.64. The van der Waals surface area contributed by atoms with Crippen molar-refractivity contribution in [1.29, 1.82) is 0 Å². The molecule has 0 radical (unpaired) electrons. The smallest absolute Gasteiger partial charge is 0.335 e. The van der Waals surface area contributed by atoms with E-state index >= 15 is 0 Å². The third-order valence-corrected chi connectivity index (χ3v) is 4.69. The molecule has 0 aliphatic carbocycles. The molecule has 0 aliphatic rings. The third kappa shape index (κ3) is 5.46. The zero-order chi connectivity index (χ0) is 20.6. The van der Waals surface area contributed by atoms with Gasteiger partial charge in [0.1, 0.15) is 21.5 Å². The van der Waals surface area contributed by atoms with E-state index in [2.05, 4.69) is 10.2 Å². The van der Waals surface area contributed by atoms with Gasteiger partial charge in [0.15, 0.2) is 0 Å². The monoisotopic (exact) mass is 406 g/mol. The van der Waals surface area contributed by atoms with Crippen LogP contribution in [0.15, 0.2) is 72.8 Å². The van der Waals surface area contributed by atoms with E-state index in [9.17, 15) is 9.59 Å². The molecule has 1 aromatic heterocycles. The summed E-state index contributed by atoms with van der Waals surface area (Å²) in [7, 11) is 0. The molecule has 146 valence electrons. The predicted octanol–water partition coefficient (Wildman–Crippen LogP) is 4.84. The van der Waals surface area contributed by atoms with E-state index in [1.54, 1.807) is 50.3 Å². The van der Waals surface area contributed by atoms with Crippen molar-refractivity contribution >= 4 is 23.3 Å². The van der Waals surface area contributed by atoms with Gasteiger partial charge in [0.05, 0.1) is 0 Å². The van der Waals surface area contributed by atoms with Crippen molar-refractivity contribution in [2.45, 2.75) is 13.8 Å². The van der Waals surface area contributed by atoms with Crippen molar-refractivity contribution in [2.75, 3.05) is 0 Å². The van der Waals surface area contributed by atoms with Crippen molar-refractivity contribution in [3.8, 4) is 32.6 Å². The van der Waals surface area contributed by atoms with Crippen LogP contribution in [0.1, 0.15) is 13.8 Å². The Morgan fingerprint density at radius 2 is 1.10 bits per heavy atom. The Morgan fingerprint density at radius 1 is 0.724 bits per heavy atom. The Bertz CT molecular complexity index is 967. The lowest BCUT2D eigenvalue weighted by Gasteiger charge is -2.02. The normalized spacial score (nSPS) is 11.1. The predicted molar refractivity (Wildman–Crippen MR) is 112 cm³/mol. The average molecular weight is 406 g/mol. The molecule has 7 heteroatoms. The molecule has 1 heterocycles. The molecule has 6 nitrogen and oxygen atoms in total. The minimum Gasteiger partial charge on any atom is -0.423 e. The Kier molecular flexibility index (Phi) is 6.65. The number of nitrogens with zero attached hydrogens (tertiary/aromatic N) is 2. The zero-order valence-corrected chi connectivity index (χ0v) is 16.7. The highest BCUT2D eigenvalue weighted by molar-refractivity contribution is 7.17. The van der Waals surface area contributed by atoms with Crippen LogP contribution in [0.25, 0.3) is 21.1 Å². The second-order valence-electron chi connectivity index (χ2n) is 5.80. The quantitative estimate of drug-likeness (QED) is 0.331. The second kappa shape index (κ2) is 9.57. The molecular formula is C22H18N2O4S. The van der Waals surface area contributed by atoms with Crippen molar-refractivity contribution in [2.24, 2.45) is 0 Å². The Balaban J connectivity index is 1.70.